The highest BCUT2D eigenvalue weighted by molar-refractivity contribution is 5.78. The van der Waals surface area contributed by atoms with E-state index in [2.05, 4.69) is 24.9 Å². The Morgan fingerprint density at radius 1 is 1.15 bits per heavy atom. The number of fused-ring (bicyclic) bond motifs is 2. The molecule has 2 aromatic carbocycles. The van der Waals surface area contributed by atoms with Crippen molar-refractivity contribution in [2.75, 3.05) is 6.61 Å². The summed E-state index contributed by atoms with van der Waals surface area (Å²) in [7, 11) is 0. The fraction of sp³-hybridized carbons (Fsp3) is 0.318. The summed E-state index contributed by atoms with van der Waals surface area (Å²) in [6.07, 6.45) is -0.527. The molecule has 4 heteroatoms. The zero-order valence-electron chi connectivity index (χ0n) is 15.1. The van der Waals surface area contributed by atoms with Crippen LogP contribution < -0.4 is 9.47 Å². The molecular weight excluding hydrogens is 326 g/mol. The summed E-state index contributed by atoms with van der Waals surface area (Å²) in [5, 5.41) is 11.8. The molecule has 1 aliphatic rings. The lowest BCUT2D eigenvalue weighted by Gasteiger charge is -2.32. The zero-order chi connectivity index (χ0) is 18.1. The van der Waals surface area contributed by atoms with Gasteiger partial charge in [-0.2, -0.15) is 0 Å². The molecule has 4 rings (SSSR count). The third kappa shape index (κ3) is 3.25. The van der Waals surface area contributed by atoms with E-state index in [1.165, 1.54) is 0 Å². The number of pyridine rings is 1. The molecule has 0 bridgehead atoms. The van der Waals surface area contributed by atoms with E-state index in [4.69, 9.17) is 9.47 Å². The molecule has 0 spiro atoms. The van der Waals surface area contributed by atoms with Gasteiger partial charge in [-0.25, -0.2) is 4.98 Å². The van der Waals surface area contributed by atoms with Crippen LogP contribution in [0.3, 0.4) is 0 Å². The number of aromatic nitrogens is 1. The Labute approximate surface area is 153 Å². The predicted octanol–water partition coefficient (Wildman–Crippen LogP) is 4.51. The Hall–Kier alpha value is -2.59. The number of rotatable bonds is 4. The zero-order valence-corrected chi connectivity index (χ0v) is 15.1. The minimum atomic E-state index is -0.527. The molecule has 1 aliphatic heterocycles. The van der Waals surface area contributed by atoms with Crippen LogP contribution in [0.1, 0.15) is 31.2 Å². The van der Waals surface area contributed by atoms with Crippen LogP contribution in [0, 0.1) is 11.8 Å². The van der Waals surface area contributed by atoms with Gasteiger partial charge < -0.3 is 14.6 Å². The average Bonchev–Trinajstić information content (AvgIpc) is 2.66. The van der Waals surface area contributed by atoms with Gasteiger partial charge in [-0.05, 0) is 36.2 Å². The smallest absolute Gasteiger partial charge is 0.130 e. The summed E-state index contributed by atoms with van der Waals surface area (Å²) >= 11 is 0. The number of benzene rings is 2. The molecule has 0 saturated carbocycles. The van der Waals surface area contributed by atoms with Crippen molar-refractivity contribution < 1.29 is 14.6 Å². The molecule has 1 N–H and O–H groups in total. The number of aliphatic hydroxyl groups is 1. The van der Waals surface area contributed by atoms with Crippen LogP contribution in [0.5, 0.6) is 11.5 Å². The van der Waals surface area contributed by atoms with Crippen molar-refractivity contribution in [3.05, 3.63) is 65.9 Å². The molecule has 3 aromatic rings. The van der Waals surface area contributed by atoms with Crippen LogP contribution in [-0.4, -0.2) is 16.7 Å². The van der Waals surface area contributed by atoms with E-state index < -0.39 is 6.10 Å². The van der Waals surface area contributed by atoms with Crippen LogP contribution in [0.2, 0.25) is 0 Å². The fourth-order valence-corrected chi connectivity index (χ4v) is 3.39. The van der Waals surface area contributed by atoms with E-state index >= 15 is 0 Å². The third-order valence-electron chi connectivity index (χ3n) is 5.04. The summed E-state index contributed by atoms with van der Waals surface area (Å²) in [6.45, 7) is 5.14. The van der Waals surface area contributed by atoms with E-state index in [-0.39, 0.29) is 5.92 Å². The number of hydrogen-bond acceptors (Lipinski definition) is 4. The number of hydrogen-bond donors (Lipinski definition) is 1. The van der Waals surface area contributed by atoms with E-state index in [9.17, 15) is 5.11 Å². The summed E-state index contributed by atoms with van der Waals surface area (Å²) in [4.78, 5) is 4.63. The van der Waals surface area contributed by atoms with Gasteiger partial charge in [-0.1, -0.05) is 38.1 Å². The van der Waals surface area contributed by atoms with Gasteiger partial charge in [0.25, 0.3) is 0 Å². The summed E-state index contributed by atoms with van der Waals surface area (Å²) < 4.78 is 11.7. The molecule has 0 radical (unpaired) electrons. The van der Waals surface area contributed by atoms with Gasteiger partial charge in [-0.3, -0.25) is 0 Å². The van der Waals surface area contributed by atoms with Crippen LogP contribution in [-0.2, 0) is 6.61 Å². The van der Waals surface area contributed by atoms with Gasteiger partial charge in [0.1, 0.15) is 18.1 Å². The second-order valence-electron chi connectivity index (χ2n) is 7.15. The number of nitrogens with zero attached hydrogens (tertiary/aromatic N) is 1. The van der Waals surface area contributed by atoms with Crippen LogP contribution in [0.15, 0.2) is 54.6 Å². The molecule has 26 heavy (non-hydrogen) atoms. The molecule has 0 saturated heterocycles. The highest BCUT2D eigenvalue weighted by Gasteiger charge is 2.31. The molecule has 134 valence electrons. The summed E-state index contributed by atoms with van der Waals surface area (Å²) in [5.74, 6) is 1.90. The summed E-state index contributed by atoms with van der Waals surface area (Å²) in [6, 6.07) is 17.7. The van der Waals surface area contributed by atoms with Gasteiger partial charge in [0.2, 0.25) is 0 Å². The highest BCUT2D eigenvalue weighted by Crippen LogP contribution is 2.40. The fourth-order valence-electron chi connectivity index (χ4n) is 3.39. The van der Waals surface area contributed by atoms with Crippen molar-refractivity contribution >= 4 is 10.9 Å². The van der Waals surface area contributed by atoms with Gasteiger partial charge >= 0.3 is 0 Å². The van der Waals surface area contributed by atoms with Crippen molar-refractivity contribution in [3.8, 4) is 11.5 Å². The first-order chi connectivity index (χ1) is 12.6. The molecule has 2 atom stereocenters. The lowest BCUT2D eigenvalue weighted by atomic mass is 9.85. The maximum absolute atomic E-state index is 10.7. The first-order valence-electron chi connectivity index (χ1n) is 9.04. The number of ether oxygens (including phenoxy) is 2. The third-order valence-corrected chi connectivity index (χ3v) is 5.04. The predicted molar refractivity (Wildman–Crippen MR) is 101 cm³/mol. The number of aliphatic hydroxyl groups excluding tert-OH is 1. The molecular formula is C22H23NO3. The molecule has 0 amide bonds. The Bertz CT molecular complexity index is 922. The minimum Gasteiger partial charge on any atom is -0.493 e. The topological polar surface area (TPSA) is 51.6 Å². The normalized spacial score (nSPS) is 19.2. The van der Waals surface area contributed by atoms with Crippen molar-refractivity contribution in [3.63, 3.8) is 0 Å². The first kappa shape index (κ1) is 16.9. The standard InChI is InChI=1S/C22H23NO3/c1-14(2)19-13-26-21-10-9-17(11-18(21)22(19)24)25-12-16-8-7-15-5-3-4-6-20(15)23-16/h3-11,14,19,22,24H,12-13H2,1-2H3/t19-,22+/m0/s1. The Morgan fingerprint density at radius 2 is 2.00 bits per heavy atom. The van der Waals surface area contributed by atoms with Crippen molar-refractivity contribution in [2.24, 2.45) is 11.8 Å². The van der Waals surface area contributed by atoms with Crippen LogP contribution in [0.4, 0.5) is 0 Å². The highest BCUT2D eigenvalue weighted by atomic mass is 16.5. The van der Waals surface area contributed by atoms with Crippen LogP contribution >= 0.6 is 0 Å². The maximum Gasteiger partial charge on any atom is 0.130 e. The monoisotopic (exact) mass is 349 g/mol. The number of para-hydroxylation sites is 1. The quantitative estimate of drug-likeness (QED) is 0.753. The Morgan fingerprint density at radius 3 is 2.85 bits per heavy atom. The first-order valence-corrected chi connectivity index (χ1v) is 9.04. The maximum atomic E-state index is 10.7. The average molecular weight is 349 g/mol. The molecule has 2 heterocycles. The molecule has 0 unspecified atom stereocenters. The van der Waals surface area contributed by atoms with E-state index in [1.807, 2.05) is 48.5 Å². The second kappa shape index (κ2) is 6.96. The van der Waals surface area contributed by atoms with Crippen LogP contribution in [0.25, 0.3) is 10.9 Å². The van der Waals surface area contributed by atoms with Crippen molar-refractivity contribution in [1.82, 2.24) is 4.98 Å². The largest absolute Gasteiger partial charge is 0.493 e. The van der Waals surface area contributed by atoms with E-state index in [0.29, 0.717) is 24.9 Å². The minimum absolute atomic E-state index is 0.0971. The Kier molecular flexibility index (Phi) is 4.51. The SMILES string of the molecule is CC(C)[C@@H]1COc2ccc(OCc3ccc4ccccc4n3)cc2[C@H]1O. The Balaban J connectivity index is 1.52. The van der Waals surface area contributed by atoms with E-state index in [0.717, 1.165) is 27.9 Å². The van der Waals surface area contributed by atoms with E-state index in [1.54, 1.807) is 0 Å². The molecule has 0 fully saturated rings. The molecule has 1 aromatic heterocycles. The van der Waals surface area contributed by atoms with Crippen molar-refractivity contribution in [1.29, 1.82) is 0 Å². The van der Waals surface area contributed by atoms with Crippen molar-refractivity contribution in [2.45, 2.75) is 26.6 Å². The second-order valence-corrected chi connectivity index (χ2v) is 7.15. The lowest BCUT2D eigenvalue weighted by Crippen LogP contribution is -2.29. The molecule has 4 nitrogen and oxygen atoms in total. The summed E-state index contributed by atoms with van der Waals surface area (Å²) in [5.41, 5.74) is 2.64. The van der Waals surface area contributed by atoms with Gasteiger partial charge in [0.05, 0.1) is 23.9 Å². The lowest BCUT2D eigenvalue weighted by molar-refractivity contribution is 0.0260. The van der Waals surface area contributed by atoms with Gasteiger partial charge in [0.15, 0.2) is 0 Å². The van der Waals surface area contributed by atoms with Gasteiger partial charge in [0, 0.05) is 16.9 Å². The van der Waals surface area contributed by atoms with Gasteiger partial charge in [-0.15, -0.1) is 0 Å². The molecule has 0 aliphatic carbocycles.